The van der Waals surface area contributed by atoms with Crippen LogP contribution in [-0.2, 0) is 0 Å². The van der Waals surface area contributed by atoms with Gasteiger partial charge >= 0.3 is 16.3 Å². The predicted molar refractivity (Wildman–Crippen MR) is 40.6 cm³/mol. The molecule has 0 radical (unpaired) electrons. The van der Waals surface area contributed by atoms with Gasteiger partial charge in [-0.25, -0.2) is 0 Å². The van der Waals surface area contributed by atoms with Crippen molar-refractivity contribution in [2.45, 2.75) is 4.90 Å². The molecule has 0 amide bonds. The van der Waals surface area contributed by atoms with Crippen molar-refractivity contribution in [1.29, 1.82) is 0 Å². The summed E-state index contributed by atoms with van der Waals surface area (Å²) in [6, 6.07) is 0. The average molecular weight is 138 g/mol. The van der Waals surface area contributed by atoms with Crippen molar-refractivity contribution in [3.05, 3.63) is 12.3 Å². The Hall–Kier alpha value is 0.275. The molecule has 1 rings (SSSR count). The lowest BCUT2D eigenvalue weighted by atomic mass is 10.5. The van der Waals surface area contributed by atoms with Gasteiger partial charge in [0.15, 0.2) is 0 Å². The first-order chi connectivity index (χ1) is 3.79. The summed E-state index contributed by atoms with van der Waals surface area (Å²) in [5, 5.41) is 3.07. The van der Waals surface area contributed by atoms with Crippen molar-refractivity contribution in [3.63, 3.8) is 0 Å². The van der Waals surface area contributed by atoms with E-state index in [0.717, 1.165) is 32.6 Å². The molecule has 1 N–H and O–H groups in total. The van der Waals surface area contributed by atoms with Gasteiger partial charge in [0.2, 0.25) is 0 Å². The Morgan fingerprint density at radius 3 is 2.88 bits per heavy atom. The molecular weight excluding hydrogens is 130 g/mol. The maximum absolute atomic E-state index is 4.32. The Balaban J connectivity index is 2.60. The fourth-order valence-electron chi connectivity index (χ4n) is 0.694. The van der Waals surface area contributed by atoms with Crippen LogP contribution >= 0.6 is 0 Å². The first-order valence-electron chi connectivity index (χ1n) is 2.76. The van der Waals surface area contributed by atoms with E-state index in [1.807, 2.05) is 6.20 Å². The number of nitrogens with one attached hydrogen (secondary N) is 1. The van der Waals surface area contributed by atoms with Gasteiger partial charge in [0, 0.05) is 9.60 Å². The molecule has 0 aliphatic carbocycles. The van der Waals surface area contributed by atoms with Crippen molar-refractivity contribution in [1.82, 2.24) is 5.32 Å². The highest BCUT2D eigenvalue weighted by atomic mass is 27.1. The lowest BCUT2D eigenvalue weighted by molar-refractivity contribution is 1.06. The van der Waals surface area contributed by atoms with Crippen LogP contribution in [0.5, 0.6) is 0 Å². The fourth-order valence-corrected chi connectivity index (χ4v) is 2.36. The molecule has 0 aromatic rings. The van der Waals surface area contributed by atoms with Gasteiger partial charge in [-0.1, -0.05) is 6.08 Å². The summed E-state index contributed by atoms with van der Waals surface area (Å²) < 4.78 is 1.17. The van der Waals surface area contributed by atoms with Crippen molar-refractivity contribution < 1.29 is 0 Å². The van der Waals surface area contributed by atoms with Gasteiger partial charge in [0.05, 0.1) is 0 Å². The van der Waals surface area contributed by atoms with E-state index in [1.54, 1.807) is 0 Å². The number of rotatable bonds is 0. The third kappa shape index (κ3) is 1.65. The molecule has 1 aliphatic rings. The first kappa shape index (κ1) is 6.40. The van der Waals surface area contributed by atoms with Gasteiger partial charge in [-0.15, -0.1) is 0 Å². The summed E-state index contributed by atoms with van der Waals surface area (Å²) in [5.74, 6) is 0. The van der Waals surface area contributed by atoms with Crippen LogP contribution in [0.25, 0.3) is 0 Å². The second kappa shape index (κ2) is 2.71. The topological polar surface area (TPSA) is 24.4 Å². The third-order valence-electron chi connectivity index (χ3n) is 1.06. The van der Waals surface area contributed by atoms with E-state index in [-0.39, 0.29) is 0 Å². The van der Waals surface area contributed by atoms with Crippen LogP contribution in [0.2, 0.25) is 0 Å². The number of aliphatic imine (C=N–C) groups is 1. The van der Waals surface area contributed by atoms with E-state index < -0.39 is 0 Å². The van der Waals surface area contributed by atoms with Crippen molar-refractivity contribution in [2.75, 3.05) is 0 Å². The standard InChI is InChI=1S/C4H4N2.2Al.4H/c1-2-5-4-6-3-1;;;;;;/h1-3H,(H,5,6);;;;;;. The van der Waals surface area contributed by atoms with Crippen molar-refractivity contribution in [3.8, 4) is 0 Å². The summed E-state index contributed by atoms with van der Waals surface area (Å²) in [7, 11) is 0. The smallest absolute Gasteiger partial charge is 0.316 e. The second-order valence-corrected chi connectivity index (χ2v) is 4.09. The molecule has 1 heterocycles. The second-order valence-electron chi connectivity index (χ2n) is 1.96. The summed E-state index contributed by atoms with van der Waals surface area (Å²) in [6.45, 7) is 0. The normalized spacial score (nSPS) is 26.5. The summed E-state index contributed by atoms with van der Waals surface area (Å²) in [4.78, 5) is 4.86. The maximum atomic E-state index is 4.32. The molecule has 0 saturated carbocycles. The Kier molecular flexibility index (Phi) is 2.17. The Morgan fingerprint density at radius 1 is 1.75 bits per heavy atom. The minimum Gasteiger partial charge on any atom is -0.366 e. The molecule has 4 heteroatoms. The summed E-state index contributed by atoms with van der Waals surface area (Å²) in [5.41, 5.74) is 0. The molecule has 0 aromatic carbocycles. The SMILES string of the molecule is [AlH2][C]1=N[CH]([AlH2])C=CN1. The number of nitrogens with zero attached hydrogens (tertiary/aromatic N) is 1. The molecule has 0 aromatic heterocycles. The lowest BCUT2D eigenvalue weighted by Crippen LogP contribution is -2.24. The largest absolute Gasteiger partial charge is 0.366 e. The van der Waals surface area contributed by atoms with Crippen LogP contribution in [0.15, 0.2) is 17.3 Å². The lowest BCUT2D eigenvalue weighted by Gasteiger charge is -2.09. The van der Waals surface area contributed by atoms with E-state index in [9.17, 15) is 0 Å². The fraction of sp³-hybridized carbons (Fsp3) is 0.250. The van der Waals surface area contributed by atoms with E-state index in [2.05, 4.69) is 16.4 Å². The summed E-state index contributed by atoms with van der Waals surface area (Å²) >= 11 is 2.20. The summed E-state index contributed by atoms with van der Waals surface area (Å²) in [6.07, 6.45) is 4.10. The van der Waals surface area contributed by atoms with Gasteiger partial charge in [-0.3, -0.25) is 0 Å². The number of hydrogen-bond acceptors (Lipinski definition) is 2. The molecular formula is C4H8Al2N2. The Bertz CT molecular complexity index is 141. The highest BCUT2D eigenvalue weighted by Crippen LogP contribution is 1.90. The zero-order valence-corrected chi connectivity index (χ0v) is 9.18. The zero-order chi connectivity index (χ0) is 5.98. The molecule has 40 valence electrons. The van der Waals surface area contributed by atoms with E-state index >= 15 is 0 Å². The Morgan fingerprint density at radius 2 is 2.50 bits per heavy atom. The molecule has 0 spiro atoms. The molecule has 0 fully saturated rings. The predicted octanol–water partition coefficient (Wildman–Crippen LogP) is -1.95. The van der Waals surface area contributed by atoms with E-state index in [0.29, 0.717) is 4.90 Å². The third-order valence-corrected chi connectivity index (χ3v) is 2.25. The number of hydrogen-bond donors (Lipinski definition) is 1. The van der Waals surface area contributed by atoms with Gasteiger partial charge < -0.3 is 10.3 Å². The van der Waals surface area contributed by atoms with Gasteiger partial charge in [0.1, 0.15) is 0 Å². The average Bonchev–Trinajstić information content (AvgIpc) is 1.64. The maximum Gasteiger partial charge on any atom is 0.316 e. The van der Waals surface area contributed by atoms with Crippen LogP contribution in [0.3, 0.4) is 0 Å². The van der Waals surface area contributed by atoms with Crippen LogP contribution in [0.1, 0.15) is 0 Å². The highest BCUT2D eigenvalue weighted by Gasteiger charge is 1.97. The van der Waals surface area contributed by atoms with Crippen LogP contribution < -0.4 is 5.32 Å². The van der Waals surface area contributed by atoms with Crippen molar-refractivity contribution >= 4 is 37.3 Å². The van der Waals surface area contributed by atoms with Gasteiger partial charge in [0.25, 0.3) is 16.3 Å². The number of amidine groups is 1. The molecule has 1 atom stereocenters. The van der Waals surface area contributed by atoms with E-state index in [4.69, 9.17) is 0 Å². The molecule has 0 bridgehead atoms. The zero-order valence-electron chi connectivity index (χ0n) is 5.18. The minimum atomic E-state index is 0.531. The molecule has 1 aliphatic heterocycles. The highest BCUT2D eigenvalue weighted by molar-refractivity contribution is 6.59. The van der Waals surface area contributed by atoms with E-state index in [1.165, 1.54) is 4.70 Å². The monoisotopic (exact) mass is 138 g/mol. The molecule has 1 unspecified atom stereocenters. The quantitative estimate of drug-likeness (QED) is 0.387. The van der Waals surface area contributed by atoms with Gasteiger partial charge in [-0.2, -0.15) is 0 Å². The van der Waals surface area contributed by atoms with Crippen molar-refractivity contribution in [2.24, 2.45) is 4.99 Å². The van der Waals surface area contributed by atoms with Gasteiger partial charge in [-0.05, 0) is 6.20 Å². The molecule has 8 heavy (non-hydrogen) atoms. The Labute approximate surface area is 64.9 Å². The van der Waals surface area contributed by atoms with Crippen LogP contribution in [0, 0.1) is 0 Å². The first-order valence-corrected chi connectivity index (χ1v) is 4.92. The molecule has 2 nitrogen and oxygen atoms in total. The minimum absolute atomic E-state index is 0.531. The molecule has 0 saturated heterocycles. The van der Waals surface area contributed by atoms with Crippen LogP contribution in [-0.4, -0.2) is 42.2 Å². The van der Waals surface area contributed by atoms with Crippen LogP contribution in [0.4, 0.5) is 0 Å².